The maximum atomic E-state index is 2.23. The van der Waals surface area contributed by atoms with E-state index < -0.39 is 15.8 Å². The molecule has 0 radical (unpaired) electrons. The summed E-state index contributed by atoms with van der Waals surface area (Å²) in [6.07, 6.45) is 0. The van der Waals surface area contributed by atoms with Crippen molar-refractivity contribution in [2.75, 3.05) is 0 Å². The molecule has 6 rings (SSSR count). The van der Waals surface area contributed by atoms with Gasteiger partial charge in [-0.1, -0.05) is 121 Å². The Morgan fingerprint density at radius 3 is 0.816 bits per heavy atom. The zero-order chi connectivity index (χ0) is 24.4. The topological polar surface area (TPSA) is 0 Å². The van der Waals surface area contributed by atoms with Crippen molar-refractivity contribution in [3.63, 3.8) is 0 Å². The zero-order valence-corrected chi connectivity index (χ0v) is 24.5. The van der Waals surface area contributed by atoms with Crippen molar-refractivity contribution >= 4 is 60.1 Å². The fourth-order valence-electron chi connectivity index (χ4n) is 4.23. The molecule has 0 aromatic heterocycles. The first-order valence-electron chi connectivity index (χ1n) is 12.1. The van der Waals surface area contributed by atoms with E-state index in [1.54, 1.807) is 0 Å². The van der Waals surface area contributed by atoms with E-state index in [1.165, 1.54) is 31.8 Å². The van der Waals surface area contributed by atoms with Gasteiger partial charge in [-0.2, -0.15) is 24.3 Å². The van der Waals surface area contributed by atoms with Crippen LogP contribution in [0, 0.1) is 0 Å². The van der Waals surface area contributed by atoms with Crippen LogP contribution in [0.1, 0.15) is 0 Å². The Morgan fingerprint density at radius 1 is 0.342 bits per heavy atom. The average molecular weight is 591 g/mol. The molecular weight excluding hydrogens is 562 g/mol. The third kappa shape index (κ3) is 7.65. The van der Waals surface area contributed by atoms with Gasteiger partial charge in [0.15, 0.2) is 0 Å². The smallest absolute Gasteiger partial charge is 0.213 e. The van der Waals surface area contributed by atoms with Gasteiger partial charge in [0.05, 0.1) is 0 Å². The molecule has 38 heavy (non-hydrogen) atoms. The van der Waals surface area contributed by atoms with E-state index in [4.69, 9.17) is 0 Å². The molecule has 0 heterocycles. The number of benzene rings is 4. The second-order valence-corrected chi connectivity index (χ2v) is 12.7. The third-order valence-electron chi connectivity index (χ3n) is 5.86. The van der Waals surface area contributed by atoms with E-state index in [9.17, 15) is 0 Å². The monoisotopic (exact) mass is 590 g/mol. The first-order valence-corrected chi connectivity index (χ1v) is 14.8. The molecule has 0 amide bonds. The van der Waals surface area contributed by atoms with Crippen LogP contribution in [0.2, 0.25) is 0 Å². The summed E-state index contributed by atoms with van der Waals surface area (Å²) in [5.41, 5.74) is 0. The van der Waals surface area contributed by atoms with Crippen LogP contribution in [0.15, 0.2) is 170 Å². The molecule has 0 unspecified atom stereocenters. The van der Waals surface area contributed by atoms with Crippen molar-refractivity contribution < 1.29 is 17.1 Å². The molecule has 4 heteroatoms. The van der Waals surface area contributed by atoms with Crippen molar-refractivity contribution in [2.24, 2.45) is 0 Å². The van der Waals surface area contributed by atoms with Gasteiger partial charge in [0, 0.05) is 0 Å². The molecule has 0 atom stereocenters. The van der Waals surface area contributed by atoms with Crippen molar-refractivity contribution in [3.05, 3.63) is 170 Å². The number of rotatable bonds is 6. The van der Waals surface area contributed by atoms with Crippen LogP contribution in [0.5, 0.6) is 0 Å². The van der Waals surface area contributed by atoms with Gasteiger partial charge in [-0.25, -0.2) is 24.3 Å². The van der Waals surface area contributed by atoms with Gasteiger partial charge in [-0.3, -0.25) is 0 Å². The summed E-state index contributed by atoms with van der Waals surface area (Å²) in [5, 5.41) is 8.47. The maximum absolute atomic E-state index is 2.23. The molecule has 0 nitrogen and oxygen atoms in total. The summed E-state index contributed by atoms with van der Waals surface area (Å²) in [7, 11) is -0.818. The largest absolute Gasteiger partial charge is 2.00 e. The standard InChI is InChI=1S/2C17H14P.ClH.Fe/c2*1-3-9-15(10-4-1)18(17-13-7-8-14-17)16-11-5-2-6-12-16;;/h2*1-14H;1H;/q2*-1;;+2. The van der Waals surface area contributed by atoms with Crippen molar-refractivity contribution in [3.8, 4) is 0 Å². The van der Waals surface area contributed by atoms with E-state index in [-0.39, 0.29) is 29.5 Å². The summed E-state index contributed by atoms with van der Waals surface area (Å²) in [6.45, 7) is 0. The van der Waals surface area contributed by atoms with E-state index in [1.807, 2.05) is 0 Å². The molecule has 0 saturated heterocycles. The molecule has 0 fully saturated rings. The molecule has 190 valence electrons. The van der Waals surface area contributed by atoms with Crippen molar-refractivity contribution in [1.82, 2.24) is 0 Å². The molecule has 0 aliphatic carbocycles. The molecule has 0 bridgehead atoms. The van der Waals surface area contributed by atoms with E-state index >= 15 is 0 Å². The Hall–Kier alpha value is -2.75. The minimum absolute atomic E-state index is 0. The van der Waals surface area contributed by atoms with Gasteiger partial charge in [0.25, 0.3) is 0 Å². The van der Waals surface area contributed by atoms with Gasteiger partial charge in [0.2, 0.25) is 0 Å². The summed E-state index contributed by atoms with van der Waals surface area (Å²) >= 11 is 0. The first kappa shape index (κ1) is 29.8. The Labute approximate surface area is 245 Å². The molecule has 0 aliphatic heterocycles. The Bertz CT molecular complexity index is 1210. The van der Waals surface area contributed by atoms with Crippen molar-refractivity contribution in [1.29, 1.82) is 0 Å². The van der Waals surface area contributed by atoms with E-state index in [2.05, 4.69) is 170 Å². The van der Waals surface area contributed by atoms with Crippen LogP contribution < -0.4 is 31.8 Å². The van der Waals surface area contributed by atoms with Crippen molar-refractivity contribution in [2.45, 2.75) is 0 Å². The van der Waals surface area contributed by atoms with E-state index in [0.717, 1.165) is 0 Å². The van der Waals surface area contributed by atoms with Crippen LogP contribution in [0.25, 0.3) is 0 Å². The Morgan fingerprint density at radius 2 is 0.605 bits per heavy atom. The third-order valence-corrected chi connectivity index (χ3v) is 10.8. The zero-order valence-electron chi connectivity index (χ0n) is 20.8. The normalized spacial score (nSPS) is 10.2. The van der Waals surface area contributed by atoms with Crippen LogP contribution in [0.4, 0.5) is 0 Å². The number of halogens is 1. The van der Waals surface area contributed by atoms with Gasteiger partial charge in [-0.15, -0.1) is 23.0 Å². The van der Waals surface area contributed by atoms with Gasteiger partial charge in [-0.05, 0) is 37.1 Å². The SMILES string of the molecule is Cl.[Fe+2].c1ccc(P(c2ccccc2)c2ccc[cH-]2)cc1.c1ccc(P(c2ccccc2)c2ccc[cH-]2)cc1. The number of hydrogen-bond donors (Lipinski definition) is 0. The predicted octanol–water partition coefficient (Wildman–Crippen LogP) is 6.75. The summed E-state index contributed by atoms with van der Waals surface area (Å²) in [5.74, 6) is 0. The minimum Gasteiger partial charge on any atom is -0.213 e. The van der Waals surface area contributed by atoms with Crippen LogP contribution in [0.3, 0.4) is 0 Å². The molecule has 0 aliphatic rings. The predicted molar refractivity (Wildman–Crippen MR) is 169 cm³/mol. The molecular formula is C34H29ClFeP2. The van der Waals surface area contributed by atoms with Gasteiger partial charge >= 0.3 is 17.1 Å². The molecule has 6 aromatic rings. The summed E-state index contributed by atoms with van der Waals surface area (Å²) < 4.78 is 0. The average Bonchev–Trinajstić information content (AvgIpc) is 3.68. The second-order valence-electron chi connectivity index (χ2n) is 8.30. The van der Waals surface area contributed by atoms with Crippen LogP contribution in [-0.4, -0.2) is 0 Å². The summed E-state index contributed by atoms with van der Waals surface area (Å²) in [6, 6.07) is 60.5. The fraction of sp³-hybridized carbons (Fsp3) is 0. The quantitative estimate of drug-likeness (QED) is 0.114. The fourth-order valence-corrected chi connectivity index (χ4v) is 8.84. The minimum atomic E-state index is -0.409. The van der Waals surface area contributed by atoms with E-state index in [0.29, 0.717) is 0 Å². The van der Waals surface area contributed by atoms with Gasteiger partial charge in [0.1, 0.15) is 0 Å². The molecule has 6 aromatic carbocycles. The number of hydrogen-bond acceptors (Lipinski definition) is 0. The summed E-state index contributed by atoms with van der Waals surface area (Å²) in [4.78, 5) is 0. The molecule has 0 spiro atoms. The Kier molecular flexibility index (Phi) is 12.2. The molecule has 0 saturated carbocycles. The van der Waals surface area contributed by atoms with Crippen LogP contribution in [-0.2, 0) is 17.1 Å². The van der Waals surface area contributed by atoms with Crippen LogP contribution >= 0.6 is 28.3 Å². The second kappa shape index (κ2) is 15.6. The van der Waals surface area contributed by atoms with Gasteiger partial charge < -0.3 is 0 Å². The Balaban J connectivity index is 0.000000200. The maximum Gasteiger partial charge on any atom is 2.00 e. The molecule has 0 N–H and O–H groups in total. The first-order chi connectivity index (χ1) is 17.9.